The van der Waals surface area contributed by atoms with Gasteiger partial charge in [-0.15, -0.1) is 10.2 Å². The molecule has 0 amide bonds. The monoisotopic (exact) mass is 458 g/mol. The van der Waals surface area contributed by atoms with Crippen LogP contribution in [-0.4, -0.2) is 33.4 Å². The smallest absolute Gasteiger partial charge is 0.267 e. The maximum atomic E-state index is 13.6. The van der Waals surface area contributed by atoms with Crippen molar-refractivity contribution in [3.05, 3.63) is 88.2 Å². The van der Waals surface area contributed by atoms with Crippen LogP contribution < -0.4 is 15.0 Å². The van der Waals surface area contributed by atoms with E-state index in [4.69, 9.17) is 9.47 Å². The van der Waals surface area contributed by atoms with E-state index in [-0.39, 0.29) is 5.56 Å². The molecule has 0 fully saturated rings. The highest BCUT2D eigenvalue weighted by Gasteiger charge is 2.20. The van der Waals surface area contributed by atoms with Gasteiger partial charge in [-0.2, -0.15) is 0 Å². The fraction of sp³-hybridized carbons (Fsp3) is 0.160. The summed E-state index contributed by atoms with van der Waals surface area (Å²) in [4.78, 5) is 13.6. The van der Waals surface area contributed by atoms with Crippen molar-refractivity contribution in [1.29, 1.82) is 0 Å². The molecule has 2 aromatic heterocycles. The van der Waals surface area contributed by atoms with E-state index >= 15 is 0 Å². The lowest BCUT2D eigenvalue weighted by molar-refractivity contribution is 0.412. The van der Waals surface area contributed by atoms with E-state index in [0.29, 0.717) is 33.5 Å². The van der Waals surface area contributed by atoms with Crippen LogP contribution in [0.15, 0.2) is 76.7 Å². The largest absolute Gasteiger partial charge is 0.497 e. The second-order valence-electron chi connectivity index (χ2n) is 7.59. The number of ether oxygens (including phenoxy) is 2. The number of rotatable bonds is 6. The summed E-state index contributed by atoms with van der Waals surface area (Å²) < 4.78 is 14.4. The molecule has 0 N–H and O–H groups in total. The normalized spacial score (nSPS) is 11.2. The minimum absolute atomic E-state index is 0.168. The van der Waals surface area contributed by atoms with E-state index in [1.54, 1.807) is 30.5 Å². The Morgan fingerprint density at radius 2 is 1.79 bits per heavy atom. The molecule has 5 rings (SSSR count). The molecule has 0 saturated carbocycles. The maximum absolute atomic E-state index is 13.6. The molecule has 3 aromatic carbocycles. The predicted molar refractivity (Wildman–Crippen MR) is 130 cm³/mol. The van der Waals surface area contributed by atoms with Crippen LogP contribution in [0.3, 0.4) is 0 Å². The van der Waals surface area contributed by atoms with Crippen molar-refractivity contribution in [2.75, 3.05) is 14.2 Å². The van der Waals surface area contributed by atoms with Gasteiger partial charge in [-0.05, 0) is 54.4 Å². The van der Waals surface area contributed by atoms with Crippen LogP contribution >= 0.6 is 11.8 Å². The first-order valence-corrected chi connectivity index (χ1v) is 11.4. The van der Waals surface area contributed by atoms with Crippen LogP contribution in [0.25, 0.3) is 22.4 Å². The Kier molecular flexibility index (Phi) is 5.51. The highest BCUT2D eigenvalue weighted by Crippen LogP contribution is 2.29. The lowest BCUT2D eigenvalue weighted by Crippen LogP contribution is -2.22. The third-order valence-electron chi connectivity index (χ3n) is 5.47. The van der Waals surface area contributed by atoms with Gasteiger partial charge in [-0.1, -0.05) is 42.1 Å². The molecule has 0 aliphatic heterocycles. The van der Waals surface area contributed by atoms with Crippen LogP contribution in [0.2, 0.25) is 0 Å². The van der Waals surface area contributed by atoms with Gasteiger partial charge in [0.1, 0.15) is 11.5 Å². The highest BCUT2D eigenvalue weighted by molar-refractivity contribution is 7.98. The third-order valence-corrected chi connectivity index (χ3v) is 6.47. The summed E-state index contributed by atoms with van der Waals surface area (Å²) >= 11 is 1.55. The first-order chi connectivity index (χ1) is 16.1. The average molecular weight is 459 g/mol. The number of benzene rings is 3. The number of hydrogen-bond donors (Lipinski definition) is 0. The van der Waals surface area contributed by atoms with E-state index in [1.807, 2.05) is 78.1 Å². The summed E-state index contributed by atoms with van der Waals surface area (Å²) in [5.41, 5.74) is 3.34. The highest BCUT2D eigenvalue weighted by atomic mass is 32.2. The van der Waals surface area contributed by atoms with Crippen LogP contribution in [-0.2, 0) is 5.75 Å². The Morgan fingerprint density at radius 3 is 2.61 bits per heavy atom. The Hall–Kier alpha value is -3.78. The number of methoxy groups -OCH3 is 2. The molecule has 0 aliphatic carbocycles. The fourth-order valence-electron chi connectivity index (χ4n) is 3.87. The van der Waals surface area contributed by atoms with Crippen molar-refractivity contribution in [3.8, 4) is 17.2 Å². The molecule has 7 nitrogen and oxygen atoms in total. The van der Waals surface area contributed by atoms with E-state index in [9.17, 15) is 4.79 Å². The molecule has 0 radical (unpaired) electrons. The van der Waals surface area contributed by atoms with Crippen molar-refractivity contribution >= 4 is 28.4 Å². The molecule has 33 heavy (non-hydrogen) atoms. The maximum Gasteiger partial charge on any atom is 0.267 e. The molecule has 5 aromatic rings. The molecule has 2 heterocycles. The summed E-state index contributed by atoms with van der Waals surface area (Å²) in [5.74, 6) is 2.52. The van der Waals surface area contributed by atoms with Crippen molar-refractivity contribution < 1.29 is 9.47 Å². The summed E-state index contributed by atoms with van der Waals surface area (Å²) in [7, 11) is 3.25. The van der Waals surface area contributed by atoms with Gasteiger partial charge in [0.2, 0.25) is 5.78 Å². The average Bonchev–Trinajstić information content (AvgIpc) is 3.27. The summed E-state index contributed by atoms with van der Waals surface area (Å²) in [6, 6.07) is 21.2. The quantitative estimate of drug-likeness (QED) is 0.345. The second-order valence-corrected chi connectivity index (χ2v) is 8.53. The van der Waals surface area contributed by atoms with E-state index in [0.717, 1.165) is 22.4 Å². The zero-order valence-corrected chi connectivity index (χ0v) is 19.3. The SMILES string of the molecule is COc1cccc(CSc2nnc3n(-c4cc(C)ccc4OC)c(=O)c4ccccc4n23)c1. The standard InChI is InChI=1S/C25H22N4O3S/c1-16-11-12-22(32-3)21(13-16)28-23(30)19-9-4-5-10-20(19)29-24(28)26-27-25(29)33-15-17-7-6-8-18(14-17)31-2/h4-14H,15H2,1-3H3. The number of para-hydroxylation sites is 1. The molecule has 0 spiro atoms. The Morgan fingerprint density at radius 1 is 0.939 bits per heavy atom. The zero-order valence-electron chi connectivity index (χ0n) is 18.5. The summed E-state index contributed by atoms with van der Waals surface area (Å²) in [5, 5.41) is 10.2. The minimum Gasteiger partial charge on any atom is -0.497 e. The first kappa shape index (κ1) is 21.1. The molecular formula is C25H22N4O3S. The number of hydrogen-bond acceptors (Lipinski definition) is 6. The third kappa shape index (κ3) is 3.72. The molecule has 0 atom stereocenters. The Balaban J connectivity index is 1.71. The summed E-state index contributed by atoms with van der Waals surface area (Å²) in [6.45, 7) is 1.98. The molecule has 0 unspecified atom stereocenters. The van der Waals surface area contributed by atoms with Crippen LogP contribution in [0.5, 0.6) is 11.5 Å². The minimum atomic E-state index is -0.168. The van der Waals surface area contributed by atoms with Gasteiger partial charge in [0.25, 0.3) is 5.56 Å². The molecular weight excluding hydrogens is 436 g/mol. The second kappa shape index (κ2) is 8.63. The number of aromatic nitrogens is 4. The zero-order chi connectivity index (χ0) is 22.9. The summed E-state index contributed by atoms with van der Waals surface area (Å²) in [6.07, 6.45) is 0. The number of fused-ring (bicyclic) bond motifs is 3. The molecule has 0 bridgehead atoms. The Labute approximate surface area is 194 Å². The van der Waals surface area contributed by atoms with E-state index < -0.39 is 0 Å². The van der Waals surface area contributed by atoms with Crippen molar-refractivity contribution in [3.63, 3.8) is 0 Å². The number of aryl methyl sites for hydroxylation is 1. The predicted octanol–water partition coefficient (Wildman–Crippen LogP) is 4.65. The van der Waals surface area contributed by atoms with Crippen LogP contribution in [0, 0.1) is 6.92 Å². The van der Waals surface area contributed by atoms with E-state index in [1.165, 1.54) is 0 Å². The van der Waals surface area contributed by atoms with Crippen molar-refractivity contribution in [2.45, 2.75) is 17.8 Å². The van der Waals surface area contributed by atoms with Gasteiger partial charge in [0.15, 0.2) is 5.16 Å². The van der Waals surface area contributed by atoms with Crippen LogP contribution in [0.4, 0.5) is 0 Å². The molecule has 0 saturated heterocycles. The van der Waals surface area contributed by atoms with Gasteiger partial charge in [-0.25, -0.2) is 4.57 Å². The molecule has 166 valence electrons. The van der Waals surface area contributed by atoms with Gasteiger partial charge >= 0.3 is 0 Å². The lowest BCUT2D eigenvalue weighted by atomic mass is 10.2. The van der Waals surface area contributed by atoms with Gasteiger partial charge in [0, 0.05) is 5.75 Å². The van der Waals surface area contributed by atoms with Crippen molar-refractivity contribution in [1.82, 2.24) is 19.2 Å². The van der Waals surface area contributed by atoms with E-state index in [2.05, 4.69) is 10.2 Å². The van der Waals surface area contributed by atoms with Gasteiger partial charge in [0.05, 0.1) is 30.8 Å². The fourth-order valence-corrected chi connectivity index (χ4v) is 4.76. The number of nitrogens with zero attached hydrogens (tertiary/aromatic N) is 4. The molecule has 8 heteroatoms. The topological polar surface area (TPSA) is 70.7 Å². The first-order valence-electron chi connectivity index (χ1n) is 10.4. The lowest BCUT2D eigenvalue weighted by Gasteiger charge is -2.14. The van der Waals surface area contributed by atoms with Crippen molar-refractivity contribution in [2.24, 2.45) is 0 Å². The Bertz CT molecular complexity index is 1540. The van der Waals surface area contributed by atoms with Gasteiger partial charge < -0.3 is 9.47 Å². The van der Waals surface area contributed by atoms with Gasteiger partial charge in [-0.3, -0.25) is 9.20 Å². The molecule has 0 aliphatic rings. The van der Waals surface area contributed by atoms with Crippen LogP contribution in [0.1, 0.15) is 11.1 Å². The number of thioether (sulfide) groups is 1.